The fraction of sp³-hybridized carbons (Fsp3) is 0.618. The highest BCUT2D eigenvalue weighted by atomic mass is 32.2. The van der Waals surface area contributed by atoms with E-state index in [0.29, 0.717) is 67.7 Å². The van der Waals surface area contributed by atoms with E-state index in [0.717, 1.165) is 36.3 Å². The van der Waals surface area contributed by atoms with Gasteiger partial charge in [-0.05, 0) is 85.1 Å². The van der Waals surface area contributed by atoms with Crippen molar-refractivity contribution in [1.82, 2.24) is 25.1 Å². The number of esters is 1. The number of benzene rings is 1. The molecule has 260 valence electrons. The van der Waals surface area contributed by atoms with Crippen molar-refractivity contribution in [1.29, 1.82) is 0 Å². The molecule has 1 aromatic heterocycles. The van der Waals surface area contributed by atoms with Crippen LogP contribution in [0.25, 0.3) is 11.3 Å². The van der Waals surface area contributed by atoms with E-state index in [-0.39, 0.29) is 11.9 Å². The summed E-state index contributed by atoms with van der Waals surface area (Å²) in [6.07, 6.45) is 0.443. The van der Waals surface area contributed by atoms with Crippen LogP contribution < -0.4 is 11.1 Å². The van der Waals surface area contributed by atoms with Gasteiger partial charge in [-0.15, -0.1) is 11.8 Å². The largest absolute Gasteiger partial charge is 0.456 e. The van der Waals surface area contributed by atoms with Crippen LogP contribution in [0.2, 0.25) is 0 Å². The number of nitrogen functional groups attached to an aromatic ring is 1. The molecule has 0 spiro atoms. The van der Waals surface area contributed by atoms with Crippen LogP contribution in [0.5, 0.6) is 0 Å². The van der Waals surface area contributed by atoms with Crippen molar-refractivity contribution >= 4 is 35.7 Å². The maximum atomic E-state index is 13.4. The van der Waals surface area contributed by atoms with Crippen LogP contribution in [0.1, 0.15) is 75.9 Å². The van der Waals surface area contributed by atoms with Crippen molar-refractivity contribution in [2.45, 2.75) is 84.5 Å². The fourth-order valence-corrected chi connectivity index (χ4v) is 5.80. The lowest BCUT2D eigenvalue weighted by Gasteiger charge is -2.30. The third-order valence-corrected chi connectivity index (χ3v) is 8.08. The number of anilines is 1. The zero-order valence-electron chi connectivity index (χ0n) is 29.2. The van der Waals surface area contributed by atoms with E-state index in [1.54, 1.807) is 6.07 Å². The topological polar surface area (TPSA) is 149 Å². The summed E-state index contributed by atoms with van der Waals surface area (Å²) in [6, 6.07) is 5.57. The number of nitrogens with zero attached hydrogens (tertiary/aromatic N) is 4. The molecule has 3 rings (SSSR count). The average molecular weight is 673 g/mol. The number of hydrogen-bond donors (Lipinski definition) is 2. The molecule has 0 radical (unpaired) electrons. The zero-order valence-corrected chi connectivity index (χ0v) is 30.1. The number of nitrogens with one attached hydrogen (secondary N) is 1. The summed E-state index contributed by atoms with van der Waals surface area (Å²) in [4.78, 5) is 51.4. The van der Waals surface area contributed by atoms with Crippen LogP contribution in [-0.2, 0) is 19.0 Å². The number of carbonyl (C=O) groups is 3. The van der Waals surface area contributed by atoms with Gasteiger partial charge in [0.25, 0.3) is 0 Å². The standard InChI is InChI=1S/C34H52N6O6S/c1-23-20-24(2)26(30(42)45-33(3,4)5)21-25(23)27-22-28(38-31(35)37-27)47-19-10-29(41)40(14-13-39-15-17-44-18-16-39)12-9-11-36-32(43)46-34(6,7)8/h20-22H,9-19H2,1-8H3,(H,36,43)(H2,35,37,38). The molecule has 1 saturated heterocycles. The molecular weight excluding hydrogens is 620 g/mol. The number of ether oxygens (including phenoxy) is 3. The van der Waals surface area contributed by atoms with Crippen LogP contribution in [0, 0.1) is 13.8 Å². The molecule has 0 bridgehead atoms. The van der Waals surface area contributed by atoms with Crippen molar-refractivity contribution < 1.29 is 28.6 Å². The van der Waals surface area contributed by atoms with Crippen LogP contribution >= 0.6 is 11.8 Å². The Hall–Kier alpha value is -3.42. The number of aromatic nitrogens is 2. The Morgan fingerprint density at radius 1 is 0.979 bits per heavy atom. The summed E-state index contributed by atoms with van der Waals surface area (Å²) in [5.74, 6) is 0.237. The molecule has 1 fully saturated rings. The summed E-state index contributed by atoms with van der Waals surface area (Å²) in [5.41, 5.74) is 8.51. The van der Waals surface area contributed by atoms with E-state index in [4.69, 9.17) is 19.9 Å². The molecule has 2 heterocycles. The molecule has 47 heavy (non-hydrogen) atoms. The van der Waals surface area contributed by atoms with E-state index in [1.807, 2.05) is 72.4 Å². The summed E-state index contributed by atoms with van der Waals surface area (Å²) in [7, 11) is 0. The predicted molar refractivity (Wildman–Crippen MR) is 185 cm³/mol. The minimum atomic E-state index is -0.621. The number of hydrogen-bond acceptors (Lipinski definition) is 11. The molecule has 0 atom stereocenters. The molecule has 12 nitrogen and oxygen atoms in total. The SMILES string of the molecule is Cc1cc(C)c(-c2cc(SCCC(=O)N(CCCNC(=O)OC(C)(C)C)CCN3CCOCC3)nc(N)n2)cc1C(=O)OC(C)(C)C. The summed E-state index contributed by atoms with van der Waals surface area (Å²) >= 11 is 1.43. The first kappa shape index (κ1) is 38.0. The summed E-state index contributed by atoms with van der Waals surface area (Å²) < 4.78 is 16.4. The summed E-state index contributed by atoms with van der Waals surface area (Å²) in [6.45, 7) is 20.1. The molecule has 3 N–H and O–H groups in total. The number of alkyl carbamates (subject to hydrolysis) is 1. The predicted octanol–water partition coefficient (Wildman–Crippen LogP) is 4.86. The van der Waals surface area contributed by atoms with Crippen LogP contribution in [-0.4, -0.2) is 107 Å². The number of carbonyl (C=O) groups excluding carboxylic acids is 3. The number of aryl methyl sites for hydroxylation is 2. The first-order chi connectivity index (χ1) is 22.0. The Balaban J connectivity index is 1.65. The monoisotopic (exact) mass is 672 g/mol. The van der Waals surface area contributed by atoms with Gasteiger partial charge in [0.2, 0.25) is 11.9 Å². The highest BCUT2D eigenvalue weighted by Gasteiger charge is 2.22. The molecule has 0 unspecified atom stereocenters. The Morgan fingerprint density at radius 2 is 1.66 bits per heavy atom. The second kappa shape index (κ2) is 17.1. The zero-order chi connectivity index (χ0) is 34.8. The fourth-order valence-electron chi connectivity index (χ4n) is 4.96. The van der Waals surface area contributed by atoms with Gasteiger partial charge < -0.3 is 30.2 Å². The van der Waals surface area contributed by atoms with E-state index in [1.165, 1.54) is 11.8 Å². The van der Waals surface area contributed by atoms with Gasteiger partial charge in [-0.3, -0.25) is 9.69 Å². The maximum Gasteiger partial charge on any atom is 0.407 e. The number of rotatable bonds is 13. The van der Waals surface area contributed by atoms with E-state index >= 15 is 0 Å². The van der Waals surface area contributed by atoms with Crippen molar-refractivity contribution in [2.24, 2.45) is 0 Å². The van der Waals surface area contributed by atoms with E-state index in [2.05, 4.69) is 20.2 Å². The minimum absolute atomic E-state index is 0.0293. The molecule has 1 aromatic carbocycles. The van der Waals surface area contributed by atoms with Gasteiger partial charge in [-0.2, -0.15) is 0 Å². The number of thioether (sulfide) groups is 1. The van der Waals surface area contributed by atoms with Crippen LogP contribution in [0.15, 0.2) is 23.2 Å². The first-order valence-corrected chi connectivity index (χ1v) is 17.2. The second-order valence-corrected chi connectivity index (χ2v) is 14.8. The highest BCUT2D eigenvalue weighted by Crippen LogP contribution is 2.30. The smallest absolute Gasteiger partial charge is 0.407 e. The van der Waals surface area contributed by atoms with Gasteiger partial charge in [-0.1, -0.05) is 6.07 Å². The van der Waals surface area contributed by atoms with Crippen molar-refractivity contribution in [2.75, 3.05) is 64.0 Å². The average Bonchev–Trinajstić information content (AvgIpc) is 2.95. The molecule has 0 aliphatic carbocycles. The minimum Gasteiger partial charge on any atom is -0.456 e. The second-order valence-electron chi connectivity index (χ2n) is 13.6. The lowest BCUT2D eigenvalue weighted by atomic mass is 9.97. The van der Waals surface area contributed by atoms with Gasteiger partial charge >= 0.3 is 12.1 Å². The van der Waals surface area contributed by atoms with E-state index < -0.39 is 23.3 Å². The number of morpholine rings is 1. The molecule has 0 saturated carbocycles. The third kappa shape index (κ3) is 13.3. The number of nitrogens with two attached hydrogens (primary N) is 1. The molecule has 1 aliphatic heterocycles. The van der Waals surface area contributed by atoms with Crippen LogP contribution in [0.4, 0.5) is 10.7 Å². The Labute approximate surface area is 283 Å². The highest BCUT2D eigenvalue weighted by molar-refractivity contribution is 7.99. The first-order valence-electron chi connectivity index (χ1n) is 16.2. The molecule has 2 amide bonds. The van der Waals surface area contributed by atoms with Crippen molar-refractivity contribution in [3.05, 3.63) is 34.9 Å². The van der Waals surface area contributed by atoms with Gasteiger partial charge in [0.1, 0.15) is 16.2 Å². The quantitative estimate of drug-likeness (QED) is 0.130. The Morgan fingerprint density at radius 3 is 2.32 bits per heavy atom. The summed E-state index contributed by atoms with van der Waals surface area (Å²) in [5, 5.41) is 3.41. The molecule has 1 aliphatic rings. The third-order valence-electron chi connectivity index (χ3n) is 7.17. The van der Waals surface area contributed by atoms with Gasteiger partial charge in [-0.25, -0.2) is 19.6 Å². The van der Waals surface area contributed by atoms with E-state index in [9.17, 15) is 14.4 Å². The maximum absolute atomic E-state index is 13.4. The Kier molecular flexibility index (Phi) is 13.9. The number of amides is 2. The van der Waals surface area contributed by atoms with Crippen LogP contribution in [0.3, 0.4) is 0 Å². The molecule has 2 aromatic rings. The van der Waals surface area contributed by atoms with Gasteiger partial charge in [0.05, 0.1) is 24.5 Å². The van der Waals surface area contributed by atoms with Crippen molar-refractivity contribution in [3.8, 4) is 11.3 Å². The normalized spacial score (nSPS) is 14.0. The van der Waals surface area contributed by atoms with Gasteiger partial charge in [0.15, 0.2) is 0 Å². The lowest BCUT2D eigenvalue weighted by molar-refractivity contribution is -0.131. The molecular formula is C34H52N6O6S. The van der Waals surface area contributed by atoms with Crippen molar-refractivity contribution in [3.63, 3.8) is 0 Å². The lowest BCUT2D eigenvalue weighted by Crippen LogP contribution is -2.44. The molecule has 13 heteroatoms. The Bertz CT molecular complexity index is 1380. The van der Waals surface area contributed by atoms with Gasteiger partial charge in [0, 0.05) is 57.0 Å².